The molecule has 7 heteroatoms. The topological polar surface area (TPSA) is 86.3 Å². The maximum Gasteiger partial charge on any atom is 0.280 e. The number of nitro benzene ring substituents is 2. The third-order valence-electron chi connectivity index (χ3n) is 2.31. The summed E-state index contributed by atoms with van der Waals surface area (Å²) in [5.41, 5.74) is -0.284. The smallest absolute Gasteiger partial charge is 0.258 e. The van der Waals surface area contributed by atoms with Crippen LogP contribution in [0.2, 0.25) is 0 Å². The highest BCUT2D eigenvalue weighted by molar-refractivity contribution is 9.09. The molecule has 0 radical (unpaired) electrons. The second kappa shape index (κ2) is 5.72. The largest absolute Gasteiger partial charge is 0.280 e. The Morgan fingerprint density at radius 2 is 1.71 bits per heavy atom. The first-order valence-electron chi connectivity index (χ1n) is 5.04. The highest BCUT2D eigenvalue weighted by atomic mass is 79.9. The highest BCUT2D eigenvalue weighted by Gasteiger charge is 2.29. The Bertz CT molecular complexity index is 418. The van der Waals surface area contributed by atoms with Gasteiger partial charge in [-0.25, -0.2) is 0 Å². The summed E-state index contributed by atoms with van der Waals surface area (Å²) in [6, 6.07) is 3.89. The van der Waals surface area contributed by atoms with Crippen molar-refractivity contribution in [3.8, 4) is 0 Å². The van der Waals surface area contributed by atoms with E-state index in [2.05, 4.69) is 15.9 Å². The summed E-state index contributed by atoms with van der Waals surface area (Å²) in [6.45, 7) is 1.91. The predicted octanol–water partition coefficient (Wildman–Crippen LogP) is 3.74. The fourth-order valence-electron chi connectivity index (χ4n) is 1.58. The van der Waals surface area contributed by atoms with Gasteiger partial charge in [0.1, 0.15) is 5.56 Å². The van der Waals surface area contributed by atoms with Gasteiger partial charge in [0.05, 0.1) is 14.7 Å². The molecule has 0 saturated heterocycles. The zero-order valence-electron chi connectivity index (χ0n) is 9.13. The van der Waals surface area contributed by atoms with Gasteiger partial charge in [0.2, 0.25) is 0 Å². The number of halogens is 1. The monoisotopic (exact) mass is 302 g/mol. The van der Waals surface area contributed by atoms with Crippen molar-refractivity contribution >= 4 is 27.3 Å². The fourth-order valence-corrected chi connectivity index (χ4v) is 2.51. The Morgan fingerprint density at radius 1 is 1.24 bits per heavy atom. The Labute approximate surface area is 106 Å². The summed E-state index contributed by atoms with van der Waals surface area (Å²) >= 11 is 3.28. The third kappa shape index (κ3) is 3.00. The van der Waals surface area contributed by atoms with Gasteiger partial charge in [-0.1, -0.05) is 29.3 Å². The van der Waals surface area contributed by atoms with E-state index in [0.29, 0.717) is 6.42 Å². The molecule has 0 spiro atoms. The lowest BCUT2D eigenvalue weighted by atomic mass is 10.0. The summed E-state index contributed by atoms with van der Waals surface area (Å²) in [6.07, 6.45) is 1.38. The molecule has 0 heterocycles. The van der Waals surface area contributed by atoms with Gasteiger partial charge in [-0.15, -0.1) is 0 Å². The van der Waals surface area contributed by atoms with Crippen molar-refractivity contribution < 1.29 is 9.85 Å². The minimum absolute atomic E-state index is 0.143. The molecule has 0 N–H and O–H groups in total. The molecular formula is C10H11BrN2O4. The number of nitrogens with zero attached hydrogens (tertiary/aromatic N) is 2. The highest BCUT2D eigenvalue weighted by Crippen LogP contribution is 2.40. The molecule has 1 atom stereocenters. The van der Waals surface area contributed by atoms with Gasteiger partial charge in [0.15, 0.2) is 0 Å². The SMILES string of the molecule is CCCC(Br)c1c([N+](=O)[O-])cccc1[N+](=O)[O-]. The van der Waals surface area contributed by atoms with E-state index in [1.807, 2.05) is 6.92 Å². The minimum atomic E-state index is -0.591. The predicted molar refractivity (Wildman–Crippen MR) is 66.3 cm³/mol. The van der Waals surface area contributed by atoms with Crippen LogP contribution in [0.5, 0.6) is 0 Å². The zero-order valence-corrected chi connectivity index (χ0v) is 10.7. The molecule has 0 saturated carbocycles. The Morgan fingerprint density at radius 3 is 2.06 bits per heavy atom. The molecule has 0 bridgehead atoms. The maximum absolute atomic E-state index is 10.9. The van der Waals surface area contributed by atoms with Crippen LogP contribution in [0, 0.1) is 20.2 Å². The van der Waals surface area contributed by atoms with Crippen molar-refractivity contribution in [3.63, 3.8) is 0 Å². The van der Waals surface area contributed by atoms with Crippen LogP contribution < -0.4 is 0 Å². The third-order valence-corrected chi connectivity index (χ3v) is 3.22. The van der Waals surface area contributed by atoms with Crippen molar-refractivity contribution in [3.05, 3.63) is 44.0 Å². The molecule has 0 aliphatic carbocycles. The molecule has 1 unspecified atom stereocenters. The Balaban J connectivity index is 3.38. The molecule has 1 aromatic rings. The summed E-state index contributed by atoms with van der Waals surface area (Å²) in [5, 5.41) is 21.7. The van der Waals surface area contributed by atoms with E-state index >= 15 is 0 Å². The second-order valence-electron chi connectivity index (χ2n) is 3.48. The van der Waals surface area contributed by atoms with Crippen molar-refractivity contribution in [2.45, 2.75) is 24.6 Å². The lowest BCUT2D eigenvalue weighted by molar-refractivity contribution is -0.395. The molecule has 0 aromatic heterocycles. The lowest BCUT2D eigenvalue weighted by Gasteiger charge is -2.09. The lowest BCUT2D eigenvalue weighted by Crippen LogP contribution is -2.03. The van der Waals surface area contributed by atoms with Crippen LogP contribution in [-0.4, -0.2) is 9.85 Å². The van der Waals surface area contributed by atoms with E-state index < -0.39 is 9.85 Å². The van der Waals surface area contributed by atoms with Crippen LogP contribution in [0.1, 0.15) is 30.2 Å². The van der Waals surface area contributed by atoms with Crippen molar-refractivity contribution in [1.82, 2.24) is 0 Å². The van der Waals surface area contributed by atoms with Crippen molar-refractivity contribution in [2.75, 3.05) is 0 Å². The van der Waals surface area contributed by atoms with Crippen LogP contribution >= 0.6 is 15.9 Å². The fraction of sp³-hybridized carbons (Fsp3) is 0.400. The van der Waals surface area contributed by atoms with Crippen LogP contribution in [-0.2, 0) is 0 Å². The number of hydrogen-bond donors (Lipinski definition) is 0. The number of alkyl halides is 1. The minimum Gasteiger partial charge on any atom is -0.258 e. The van der Waals surface area contributed by atoms with E-state index in [1.165, 1.54) is 18.2 Å². The van der Waals surface area contributed by atoms with Crippen molar-refractivity contribution in [1.29, 1.82) is 0 Å². The summed E-state index contributed by atoms with van der Waals surface area (Å²) in [4.78, 5) is 20.2. The first-order valence-corrected chi connectivity index (χ1v) is 5.96. The number of rotatable bonds is 5. The van der Waals surface area contributed by atoms with Gasteiger partial charge in [-0.2, -0.15) is 0 Å². The molecule has 17 heavy (non-hydrogen) atoms. The summed E-state index contributed by atoms with van der Waals surface area (Å²) < 4.78 is 0. The molecule has 1 rings (SSSR count). The number of nitro groups is 2. The zero-order chi connectivity index (χ0) is 13.0. The van der Waals surface area contributed by atoms with Gasteiger partial charge in [-0.05, 0) is 12.5 Å². The summed E-state index contributed by atoms with van der Waals surface area (Å²) in [5.74, 6) is 0. The Kier molecular flexibility index (Phi) is 4.56. The van der Waals surface area contributed by atoms with E-state index in [-0.39, 0.29) is 21.8 Å². The van der Waals surface area contributed by atoms with Crippen LogP contribution in [0.4, 0.5) is 11.4 Å². The molecule has 0 aliphatic heterocycles. The average molecular weight is 303 g/mol. The molecule has 0 aliphatic rings. The van der Waals surface area contributed by atoms with Crippen LogP contribution in [0.3, 0.4) is 0 Å². The molecule has 6 nitrogen and oxygen atoms in total. The standard InChI is InChI=1S/C10H11BrN2O4/c1-2-4-7(11)10-8(12(14)15)5-3-6-9(10)13(16)17/h3,5-7H,2,4H2,1H3. The van der Waals surface area contributed by atoms with E-state index in [4.69, 9.17) is 0 Å². The molecular weight excluding hydrogens is 292 g/mol. The summed E-state index contributed by atoms with van der Waals surface area (Å²) in [7, 11) is 0. The van der Waals surface area contributed by atoms with Crippen LogP contribution in [0.25, 0.3) is 0 Å². The molecule has 0 fully saturated rings. The molecule has 1 aromatic carbocycles. The Hall–Kier alpha value is -1.50. The number of benzene rings is 1. The van der Waals surface area contributed by atoms with Gasteiger partial charge in [0, 0.05) is 12.1 Å². The first kappa shape index (κ1) is 13.6. The van der Waals surface area contributed by atoms with E-state index in [0.717, 1.165) is 6.42 Å². The molecule has 0 amide bonds. The van der Waals surface area contributed by atoms with Crippen LogP contribution in [0.15, 0.2) is 18.2 Å². The molecule has 92 valence electrons. The van der Waals surface area contributed by atoms with Crippen molar-refractivity contribution in [2.24, 2.45) is 0 Å². The quantitative estimate of drug-likeness (QED) is 0.471. The van der Waals surface area contributed by atoms with Gasteiger partial charge in [-0.3, -0.25) is 20.2 Å². The second-order valence-corrected chi connectivity index (χ2v) is 4.59. The first-order chi connectivity index (χ1) is 7.99. The van der Waals surface area contributed by atoms with Gasteiger partial charge in [0.25, 0.3) is 11.4 Å². The van der Waals surface area contributed by atoms with Gasteiger partial charge < -0.3 is 0 Å². The van der Waals surface area contributed by atoms with Gasteiger partial charge >= 0.3 is 0 Å². The maximum atomic E-state index is 10.9. The normalized spacial score (nSPS) is 12.1. The van der Waals surface area contributed by atoms with E-state index in [1.54, 1.807) is 0 Å². The average Bonchev–Trinajstić information content (AvgIpc) is 2.28. The van der Waals surface area contributed by atoms with E-state index in [9.17, 15) is 20.2 Å². The number of hydrogen-bond acceptors (Lipinski definition) is 4.